The van der Waals surface area contributed by atoms with E-state index in [1.807, 2.05) is 6.92 Å². The average molecular weight is 476 g/mol. The lowest BCUT2D eigenvalue weighted by Crippen LogP contribution is -2.53. The molecule has 0 aromatic heterocycles. The average Bonchev–Trinajstić information content (AvgIpc) is 2.90. The van der Waals surface area contributed by atoms with Gasteiger partial charge >= 0.3 is 5.97 Å². The van der Waals surface area contributed by atoms with Gasteiger partial charge in [-0.2, -0.15) is 0 Å². The summed E-state index contributed by atoms with van der Waals surface area (Å²) in [4.78, 5) is 26.7. The van der Waals surface area contributed by atoms with Gasteiger partial charge in [0.15, 0.2) is 16.4 Å². The summed E-state index contributed by atoms with van der Waals surface area (Å²) in [5.41, 5.74) is 0.0255. The van der Waals surface area contributed by atoms with Crippen LogP contribution in [0.25, 0.3) is 0 Å². The van der Waals surface area contributed by atoms with Crippen LogP contribution in [0.3, 0.4) is 0 Å². The lowest BCUT2D eigenvalue weighted by atomic mass is 9.49. The van der Waals surface area contributed by atoms with Crippen molar-refractivity contribution in [3.8, 4) is 0 Å². The maximum absolute atomic E-state index is 12.6. The first-order chi connectivity index (χ1) is 13.1. The monoisotopic (exact) mass is 475 g/mol. The van der Waals surface area contributed by atoms with Crippen molar-refractivity contribution in [2.45, 2.75) is 68.7 Å². The third-order valence-corrected chi connectivity index (χ3v) is 9.98. The number of carbonyl (C=O) groups excluding carboxylic acids is 2. The number of nitrogens with zero attached hydrogens (tertiary/aromatic N) is 1. The van der Waals surface area contributed by atoms with Gasteiger partial charge in [0.25, 0.3) is 5.91 Å². The smallest absolute Gasteiger partial charge is 0.306 e. The summed E-state index contributed by atoms with van der Waals surface area (Å²) in [6.07, 6.45) is 7.81. The maximum atomic E-state index is 12.6. The fraction of sp³-hybridized carbons (Fsp3) is 0.900. The molecular formula is C20H30BrNO5S. The molecule has 5 rings (SSSR count). The number of halogens is 1. The van der Waals surface area contributed by atoms with Gasteiger partial charge in [0.1, 0.15) is 0 Å². The van der Waals surface area contributed by atoms with Crippen molar-refractivity contribution < 1.29 is 22.7 Å². The minimum Gasteiger partial charge on any atom is -0.456 e. The number of hydrogen-bond donors (Lipinski definition) is 0. The highest BCUT2D eigenvalue weighted by molar-refractivity contribution is 9.10. The zero-order valence-electron chi connectivity index (χ0n) is 16.5. The fourth-order valence-electron chi connectivity index (χ4n) is 6.78. The standard InChI is InChI=1S/C20H30BrNO5S/c1-2-22(16-3-4-28(25,26)12-16)17(23)11-27-18(24)10-19-6-14-5-15(7-19)9-20(21,8-14)13-19/h14-16H,2-13H2,1H3. The molecule has 1 aliphatic heterocycles. The molecule has 158 valence electrons. The van der Waals surface area contributed by atoms with Gasteiger partial charge in [0, 0.05) is 16.9 Å². The Balaban J connectivity index is 1.31. The van der Waals surface area contributed by atoms with Crippen LogP contribution in [0.5, 0.6) is 0 Å². The molecule has 5 aliphatic rings. The van der Waals surface area contributed by atoms with Crippen LogP contribution in [0.15, 0.2) is 0 Å². The summed E-state index contributed by atoms with van der Waals surface area (Å²) in [5, 5.41) is 0. The third-order valence-electron chi connectivity index (χ3n) is 7.30. The lowest BCUT2D eigenvalue weighted by molar-refractivity contribution is -0.157. The second kappa shape index (κ2) is 7.25. The van der Waals surface area contributed by atoms with E-state index in [9.17, 15) is 18.0 Å². The number of likely N-dealkylation sites (N-methyl/N-ethyl adjacent to an activating group) is 1. The zero-order valence-corrected chi connectivity index (χ0v) is 18.9. The van der Waals surface area contributed by atoms with Crippen LogP contribution in [-0.2, 0) is 24.2 Å². The molecular weight excluding hydrogens is 446 g/mol. The van der Waals surface area contributed by atoms with Gasteiger partial charge in [-0.15, -0.1) is 0 Å². The Morgan fingerprint density at radius 1 is 1.18 bits per heavy atom. The molecule has 4 aliphatic carbocycles. The Morgan fingerprint density at radius 3 is 2.39 bits per heavy atom. The molecule has 1 heterocycles. The topological polar surface area (TPSA) is 80.8 Å². The van der Waals surface area contributed by atoms with E-state index in [1.54, 1.807) is 4.90 Å². The van der Waals surface area contributed by atoms with Crippen molar-refractivity contribution in [2.24, 2.45) is 17.3 Å². The first-order valence-electron chi connectivity index (χ1n) is 10.5. The normalized spacial score (nSPS) is 40.4. The molecule has 6 nitrogen and oxygen atoms in total. The number of carbonyl (C=O) groups is 2. The predicted molar refractivity (Wildman–Crippen MR) is 109 cm³/mol. The van der Waals surface area contributed by atoms with E-state index in [0.29, 0.717) is 31.2 Å². The third kappa shape index (κ3) is 4.13. The number of hydrogen-bond acceptors (Lipinski definition) is 5. The molecule has 0 N–H and O–H groups in total. The highest BCUT2D eigenvalue weighted by atomic mass is 79.9. The minimum atomic E-state index is -3.06. The van der Waals surface area contributed by atoms with Crippen LogP contribution < -0.4 is 0 Å². The summed E-state index contributed by atoms with van der Waals surface area (Å²) in [5.74, 6) is 0.965. The van der Waals surface area contributed by atoms with Crippen LogP contribution in [0.2, 0.25) is 0 Å². The van der Waals surface area contributed by atoms with Crippen molar-refractivity contribution in [3.63, 3.8) is 0 Å². The molecule has 1 saturated heterocycles. The first kappa shape index (κ1) is 20.6. The number of esters is 1. The number of alkyl halides is 1. The molecule has 3 unspecified atom stereocenters. The lowest BCUT2D eigenvalue weighted by Gasteiger charge is -2.60. The number of sulfone groups is 1. The Hall–Kier alpha value is -0.630. The molecule has 4 saturated carbocycles. The highest BCUT2D eigenvalue weighted by Crippen LogP contribution is 2.65. The van der Waals surface area contributed by atoms with Gasteiger partial charge in [-0.05, 0) is 69.1 Å². The van der Waals surface area contributed by atoms with Gasteiger partial charge in [-0.1, -0.05) is 15.9 Å². The molecule has 0 spiro atoms. The highest BCUT2D eigenvalue weighted by Gasteiger charge is 2.57. The molecule has 4 bridgehead atoms. The second-order valence-corrected chi connectivity index (χ2v) is 13.6. The van der Waals surface area contributed by atoms with Crippen LogP contribution in [-0.4, -0.2) is 60.2 Å². The van der Waals surface area contributed by atoms with Crippen molar-refractivity contribution in [1.29, 1.82) is 0 Å². The number of amides is 1. The van der Waals surface area contributed by atoms with Crippen molar-refractivity contribution >= 4 is 37.6 Å². The van der Waals surface area contributed by atoms with Gasteiger partial charge < -0.3 is 9.64 Å². The zero-order chi connectivity index (χ0) is 20.2. The van der Waals surface area contributed by atoms with Crippen LogP contribution in [0.4, 0.5) is 0 Å². The van der Waals surface area contributed by atoms with Crippen molar-refractivity contribution in [1.82, 2.24) is 4.90 Å². The summed E-state index contributed by atoms with van der Waals surface area (Å²) in [7, 11) is -3.06. The first-order valence-corrected chi connectivity index (χ1v) is 13.1. The molecule has 28 heavy (non-hydrogen) atoms. The van der Waals surface area contributed by atoms with E-state index in [1.165, 1.54) is 19.3 Å². The largest absolute Gasteiger partial charge is 0.456 e. The fourth-order valence-corrected chi connectivity index (χ4v) is 10.0. The predicted octanol–water partition coefficient (Wildman–Crippen LogP) is 2.69. The van der Waals surface area contributed by atoms with Gasteiger partial charge in [0.05, 0.1) is 17.9 Å². The van der Waals surface area contributed by atoms with E-state index in [2.05, 4.69) is 15.9 Å². The summed E-state index contributed by atoms with van der Waals surface area (Å²) in [6, 6.07) is -0.294. The van der Waals surface area contributed by atoms with Gasteiger partial charge in [0.2, 0.25) is 0 Å². The molecule has 8 heteroatoms. The summed E-state index contributed by atoms with van der Waals surface area (Å²) in [6.45, 7) is 1.97. The summed E-state index contributed by atoms with van der Waals surface area (Å²) < 4.78 is 29.0. The molecule has 0 aromatic carbocycles. The van der Waals surface area contributed by atoms with Crippen LogP contribution in [0.1, 0.15) is 58.3 Å². The molecule has 1 amide bonds. The second-order valence-electron chi connectivity index (χ2n) is 9.69. The number of ether oxygens (including phenoxy) is 1. The van der Waals surface area contributed by atoms with Crippen molar-refractivity contribution in [2.75, 3.05) is 24.7 Å². The maximum Gasteiger partial charge on any atom is 0.306 e. The number of rotatable bonds is 6. The van der Waals surface area contributed by atoms with Gasteiger partial charge in [-0.3, -0.25) is 9.59 Å². The van der Waals surface area contributed by atoms with Crippen LogP contribution in [0, 0.1) is 17.3 Å². The molecule has 0 radical (unpaired) electrons. The van der Waals surface area contributed by atoms with E-state index < -0.39 is 9.84 Å². The van der Waals surface area contributed by atoms with E-state index in [-0.39, 0.29) is 45.8 Å². The van der Waals surface area contributed by atoms with Crippen molar-refractivity contribution in [3.05, 3.63) is 0 Å². The Morgan fingerprint density at radius 2 is 1.86 bits per heavy atom. The Labute approximate surface area is 175 Å². The molecule has 0 aromatic rings. The minimum absolute atomic E-state index is 0.0136. The Kier molecular flexibility index (Phi) is 5.35. The Bertz CT molecular complexity index is 753. The van der Waals surface area contributed by atoms with Gasteiger partial charge in [-0.25, -0.2) is 8.42 Å². The molecule has 5 fully saturated rings. The molecule has 3 atom stereocenters. The van der Waals surface area contributed by atoms with E-state index in [4.69, 9.17) is 4.74 Å². The summed E-state index contributed by atoms with van der Waals surface area (Å²) >= 11 is 3.96. The quantitative estimate of drug-likeness (QED) is 0.435. The van der Waals surface area contributed by atoms with E-state index in [0.717, 1.165) is 19.3 Å². The van der Waals surface area contributed by atoms with Crippen LogP contribution >= 0.6 is 15.9 Å². The SMILES string of the molecule is CCN(C(=O)COC(=O)CC12CC3CC(CC(Br)(C3)C1)C2)C1CCS(=O)(=O)C1. The van der Waals surface area contributed by atoms with E-state index >= 15 is 0 Å².